The Kier molecular flexibility index (Phi) is 5.02. The van der Waals surface area contributed by atoms with Crippen molar-refractivity contribution in [2.75, 3.05) is 5.32 Å². The van der Waals surface area contributed by atoms with Crippen molar-refractivity contribution in [3.8, 4) is 10.6 Å². The molecule has 32 heavy (non-hydrogen) atoms. The predicted octanol–water partition coefficient (Wildman–Crippen LogP) is 6.35. The third-order valence-electron chi connectivity index (χ3n) is 5.76. The number of amides is 1. The third-order valence-corrected chi connectivity index (χ3v) is 8.27. The number of thiophene rings is 2. The highest BCUT2D eigenvalue weighted by Crippen LogP contribution is 2.53. The molecule has 164 valence electrons. The lowest BCUT2D eigenvalue weighted by molar-refractivity contribution is -0.139. The fourth-order valence-corrected chi connectivity index (χ4v) is 6.41. The van der Waals surface area contributed by atoms with Crippen LogP contribution in [0.4, 0.5) is 10.7 Å². The summed E-state index contributed by atoms with van der Waals surface area (Å²) in [7, 11) is 0. The van der Waals surface area contributed by atoms with E-state index in [0.29, 0.717) is 18.5 Å². The van der Waals surface area contributed by atoms with Crippen LogP contribution in [0.3, 0.4) is 0 Å². The normalized spacial score (nSPS) is 15.4. The monoisotopic (exact) mass is 468 g/mol. The average Bonchev–Trinajstić information content (AvgIpc) is 3.05. The van der Waals surface area contributed by atoms with Gasteiger partial charge in [0, 0.05) is 14.3 Å². The highest BCUT2D eigenvalue weighted by Gasteiger charge is 2.53. The van der Waals surface area contributed by atoms with Gasteiger partial charge in [0.25, 0.3) is 0 Å². The van der Waals surface area contributed by atoms with Gasteiger partial charge in [-0.25, -0.2) is 9.78 Å². The quantitative estimate of drug-likeness (QED) is 0.342. The molecule has 1 aliphatic carbocycles. The number of ether oxygens (including phenoxy) is 1. The summed E-state index contributed by atoms with van der Waals surface area (Å²) in [5.74, 6) is -0.543. The third kappa shape index (κ3) is 3.57. The molecule has 5 rings (SSSR count). The molecule has 0 aliphatic heterocycles. The Morgan fingerprint density at radius 2 is 1.97 bits per heavy atom. The number of aliphatic carboxylic acids is 1. The Balaban J connectivity index is 1.33. The minimum absolute atomic E-state index is 0.213. The molecule has 1 fully saturated rings. The van der Waals surface area contributed by atoms with Gasteiger partial charge in [-0.05, 0) is 49.9 Å². The number of aromatic nitrogens is 1. The van der Waals surface area contributed by atoms with Gasteiger partial charge in [-0.3, -0.25) is 10.1 Å². The van der Waals surface area contributed by atoms with E-state index in [1.54, 1.807) is 0 Å². The molecular formula is C23H20N2O5S2. The highest BCUT2D eigenvalue weighted by molar-refractivity contribution is 7.29. The fourth-order valence-electron chi connectivity index (χ4n) is 3.78. The first-order valence-corrected chi connectivity index (χ1v) is 11.7. The minimum atomic E-state index is -0.756. The van der Waals surface area contributed by atoms with Crippen LogP contribution < -0.4 is 5.32 Å². The van der Waals surface area contributed by atoms with Gasteiger partial charge in [0.2, 0.25) is 5.88 Å². The Morgan fingerprint density at radius 1 is 1.22 bits per heavy atom. The number of hydrogen-bond donors (Lipinski definition) is 2. The number of benzene rings is 1. The summed E-state index contributed by atoms with van der Waals surface area (Å²) < 4.78 is 12.9. The van der Waals surface area contributed by atoms with E-state index in [9.17, 15) is 14.7 Å². The molecule has 0 spiro atoms. The van der Waals surface area contributed by atoms with E-state index < -0.39 is 23.6 Å². The number of nitrogens with one attached hydrogen (secondary N) is 1. The van der Waals surface area contributed by atoms with Crippen LogP contribution in [-0.2, 0) is 14.9 Å². The highest BCUT2D eigenvalue weighted by atomic mass is 32.1. The van der Waals surface area contributed by atoms with E-state index in [1.165, 1.54) is 29.1 Å². The molecule has 1 aliphatic rings. The zero-order chi connectivity index (χ0) is 22.5. The molecule has 1 atom stereocenters. The lowest BCUT2D eigenvalue weighted by Gasteiger charge is -2.15. The van der Waals surface area contributed by atoms with E-state index in [-0.39, 0.29) is 5.88 Å². The second-order valence-corrected chi connectivity index (χ2v) is 10.1. The fraction of sp³-hybridized carbons (Fsp3) is 0.261. The molecule has 9 heteroatoms. The van der Waals surface area contributed by atoms with Crippen molar-refractivity contribution in [2.45, 2.75) is 38.2 Å². The van der Waals surface area contributed by atoms with Crippen LogP contribution in [0, 0.1) is 6.92 Å². The van der Waals surface area contributed by atoms with E-state index >= 15 is 0 Å². The maximum absolute atomic E-state index is 12.5. The molecule has 3 heterocycles. The van der Waals surface area contributed by atoms with Crippen LogP contribution in [0.2, 0.25) is 0 Å². The predicted molar refractivity (Wildman–Crippen MR) is 123 cm³/mol. The topological polar surface area (TPSA) is 102 Å². The van der Waals surface area contributed by atoms with Crippen LogP contribution in [0.15, 0.2) is 47.2 Å². The van der Waals surface area contributed by atoms with E-state index in [2.05, 4.69) is 10.3 Å². The number of hydrogen-bond acceptors (Lipinski definition) is 7. The van der Waals surface area contributed by atoms with Gasteiger partial charge in [0.1, 0.15) is 17.2 Å². The maximum Gasteiger partial charge on any atom is 0.414 e. The number of nitrogens with zero attached hydrogens (tertiary/aromatic N) is 1. The summed E-state index contributed by atoms with van der Waals surface area (Å²) in [5, 5.41) is 12.2. The molecule has 4 aromatic rings. The lowest BCUT2D eigenvalue weighted by Crippen LogP contribution is -2.17. The molecule has 1 aromatic carbocycles. The first-order chi connectivity index (χ1) is 15.4. The number of rotatable bonds is 6. The van der Waals surface area contributed by atoms with Gasteiger partial charge in [0.15, 0.2) is 6.39 Å². The number of carboxylic acid groups (broad SMARTS) is 1. The number of carboxylic acids is 1. The molecule has 1 unspecified atom stereocenters. The van der Waals surface area contributed by atoms with Gasteiger partial charge < -0.3 is 14.3 Å². The molecular weight excluding hydrogens is 448 g/mol. The van der Waals surface area contributed by atoms with E-state index in [0.717, 1.165) is 30.3 Å². The molecule has 3 aromatic heterocycles. The van der Waals surface area contributed by atoms with E-state index in [1.807, 2.05) is 50.2 Å². The summed E-state index contributed by atoms with van der Waals surface area (Å²) in [5.41, 5.74) is 1.79. The zero-order valence-electron chi connectivity index (χ0n) is 17.4. The largest absolute Gasteiger partial charge is 0.481 e. The molecule has 7 nitrogen and oxygen atoms in total. The summed E-state index contributed by atoms with van der Waals surface area (Å²) >= 11 is 2.99. The Morgan fingerprint density at radius 3 is 2.66 bits per heavy atom. The molecule has 0 saturated heterocycles. The van der Waals surface area contributed by atoms with Crippen LogP contribution in [-0.4, -0.2) is 22.2 Å². The summed E-state index contributed by atoms with van der Waals surface area (Å²) in [6, 6.07) is 11.7. The van der Waals surface area contributed by atoms with Crippen LogP contribution in [0.5, 0.6) is 0 Å². The Bertz CT molecular complexity index is 1300. The van der Waals surface area contributed by atoms with Gasteiger partial charge >= 0.3 is 12.1 Å². The average molecular weight is 469 g/mol. The lowest BCUT2D eigenvalue weighted by atomic mass is 10.1. The SMILES string of the molecule is Cc1ccccc1C(C)OC(=O)Nc1ocnc1-c1cc2sc(C3(C(=O)O)CC3)cc2s1. The number of anilines is 1. The van der Waals surface area contributed by atoms with Crippen LogP contribution >= 0.6 is 22.7 Å². The van der Waals surface area contributed by atoms with Crippen molar-refractivity contribution < 1.29 is 23.8 Å². The number of aryl methyl sites for hydroxylation is 1. The standard InChI is InChI=1S/C23H20N2O5S2/c1-12-5-3-4-6-14(12)13(2)30-22(28)25-20-19(24-11-29-20)17-9-15-16(31-17)10-18(32-15)23(7-8-23)21(26)27/h3-6,9-11,13H,7-8H2,1-2H3,(H,25,28)(H,26,27). The van der Waals surface area contributed by atoms with Crippen LogP contribution in [0.1, 0.15) is 41.9 Å². The molecule has 1 amide bonds. The zero-order valence-corrected chi connectivity index (χ0v) is 19.0. The second-order valence-electron chi connectivity index (χ2n) is 7.90. The first kappa shape index (κ1) is 20.7. The van der Waals surface area contributed by atoms with Gasteiger partial charge in [-0.2, -0.15) is 0 Å². The number of oxazole rings is 1. The Labute approximate surface area is 191 Å². The molecule has 0 bridgehead atoms. The number of carbonyl (C=O) groups excluding carboxylic acids is 1. The van der Waals surface area contributed by atoms with Crippen molar-refractivity contribution in [1.29, 1.82) is 0 Å². The maximum atomic E-state index is 12.5. The van der Waals surface area contributed by atoms with E-state index in [4.69, 9.17) is 9.15 Å². The first-order valence-electron chi connectivity index (χ1n) is 10.1. The van der Waals surface area contributed by atoms with Crippen molar-refractivity contribution in [1.82, 2.24) is 4.98 Å². The van der Waals surface area contributed by atoms with Crippen molar-refractivity contribution in [3.05, 3.63) is 58.8 Å². The summed E-state index contributed by atoms with van der Waals surface area (Å²) in [6.07, 6.45) is 1.60. The smallest absolute Gasteiger partial charge is 0.414 e. The molecule has 2 N–H and O–H groups in total. The number of carbonyl (C=O) groups is 2. The summed E-state index contributed by atoms with van der Waals surface area (Å²) in [6.45, 7) is 3.79. The molecule has 1 saturated carbocycles. The number of fused-ring (bicyclic) bond motifs is 1. The van der Waals surface area contributed by atoms with Crippen molar-refractivity contribution >= 4 is 50.0 Å². The molecule has 0 radical (unpaired) electrons. The van der Waals surface area contributed by atoms with Gasteiger partial charge in [-0.1, -0.05) is 24.3 Å². The van der Waals surface area contributed by atoms with Gasteiger partial charge in [-0.15, -0.1) is 22.7 Å². The van der Waals surface area contributed by atoms with Gasteiger partial charge in [0.05, 0.1) is 4.88 Å². The van der Waals surface area contributed by atoms with Crippen LogP contribution in [0.25, 0.3) is 20.0 Å². The summed E-state index contributed by atoms with van der Waals surface area (Å²) in [4.78, 5) is 30.1. The van der Waals surface area contributed by atoms with Crippen molar-refractivity contribution in [3.63, 3.8) is 0 Å². The Hall–Kier alpha value is -3.17. The van der Waals surface area contributed by atoms with Crippen molar-refractivity contribution in [2.24, 2.45) is 0 Å². The minimum Gasteiger partial charge on any atom is -0.481 e. The second kappa shape index (κ2) is 7.75.